The smallest absolute Gasteiger partial charge is 0.176 e. The summed E-state index contributed by atoms with van der Waals surface area (Å²) < 4.78 is 20.7. The maximum absolute atomic E-state index is 13.7. The minimum atomic E-state index is -0.170. The number of methoxy groups -OCH3 is 1. The van der Waals surface area contributed by atoms with Gasteiger partial charge in [-0.25, -0.2) is 14.1 Å². The van der Waals surface area contributed by atoms with E-state index in [0.717, 1.165) is 5.82 Å². The summed E-state index contributed by atoms with van der Waals surface area (Å²) in [5, 5.41) is 4.49. The first-order valence-corrected chi connectivity index (χ1v) is 7.09. The zero-order valence-corrected chi connectivity index (χ0v) is 13.1. The third-order valence-electron chi connectivity index (χ3n) is 3.20. The predicted octanol–water partition coefficient (Wildman–Crippen LogP) is 3.10. The molecule has 1 aromatic heterocycles. The Kier molecular flexibility index (Phi) is 4.73. The molecular formula is C16H22FN3O. The Balaban J connectivity index is 2.20. The number of ether oxygens (including phenoxy) is 1. The number of aromatic nitrogens is 3. The lowest BCUT2D eigenvalue weighted by Gasteiger charge is -2.21. The molecule has 21 heavy (non-hydrogen) atoms. The first kappa shape index (κ1) is 15.6. The van der Waals surface area contributed by atoms with Crippen molar-refractivity contribution in [2.24, 2.45) is 0 Å². The molecule has 0 radical (unpaired) electrons. The second kappa shape index (κ2) is 6.35. The van der Waals surface area contributed by atoms with Crippen molar-refractivity contribution < 1.29 is 9.13 Å². The number of hydrogen-bond donors (Lipinski definition) is 0. The van der Waals surface area contributed by atoms with Gasteiger partial charge in [0.05, 0.1) is 5.54 Å². The molecule has 0 aliphatic carbocycles. The SMILES string of the molecule is COCc1nc(CCc2ccccc2F)n(C(C)(C)C)n1. The first-order valence-electron chi connectivity index (χ1n) is 7.09. The fourth-order valence-corrected chi connectivity index (χ4v) is 2.23. The summed E-state index contributed by atoms with van der Waals surface area (Å²) in [7, 11) is 1.62. The van der Waals surface area contributed by atoms with E-state index in [2.05, 4.69) is 30.9 Å². The van der Waals surface area contributed by atoms with Gasteiger partial charge in [0, 0.05) is 13.5 Å². The van der Waals surface area contributed by atoms with Crippen molar-refractivity contribution in [1.29, 1.82) is 0 Å². The molecule has 0 saturated heterocycles. The van der Waals surface area contributed by atoms with Crippen molar-refractivity contribution in [3.63, 3.8) is 0 Å². The van der Waals surface area contributed by atoms with Gasteiger partial charge in [-0.05, 0) is 38.8 Å². The van der Waals surface area contributed by atoms with Gasteiger partial charge >= 0.3 is 0 Å². The molecule has 0 aliphatic heterocycles. The van der Waals surface area contributed by atoms with Crippen molar-refractivity contribution in [1.82, 2.24) is 14.8 Å². The zero-order chi connectivity index (χ0) is 15.5. The second-order valence-corrected chi connectivity index (χ2v) is 6.05. The average Bonchev–Trinajstić information content (AvgIpc) is 2.81. The molecule has 0 fully saturated rings. The van der Waals surface area contributed by atoms with Crippen LogP contribution in [0, 0.1) is 5.82 Å². The Bertz CT molecular complexity index is 602. The van der Waals surface area contributed by atoms with Crippen molar-refractivity contribution in [2.75, 3.05) is 7.11 Å². The van der Waals surface area contributed by atoms with E-state index in [-0.39, 0.29) is 11.4 Å². The molecule has 0 aliphatic rings. The van der Waals surface area contributed by atoms with Crippen molar-refractivity contribution in [3.05, 3.63) is 47.3 Å². The Morgan fingerprint density at radius 2 is 1.90 bits per heavy atom. The Labute approximate surface area is 125 Å². The minimum Gasteiger partial charge on any atom is -0.377 e. The second-order valence-electron chi connectivity index (χ2n) is 6.05. The van der Waals surface area contributed by atoms with Crippen LogP contribution in [0.15, 0.2) is 24.3 Å². The van der Waals surface area contributed by atoms with Crippen LogP contribution in [0.4, 0.5) is 4.39 Å². The molecule has 0 bridgehead atoms. The fraction of sp³-hybridized carbons (Fsp3) is 0.500. The summed E-state index contributed by atoms with van der Waals surface area (Å²) in [4.78, 5) is 4.52. The Morgan fingerprint density at radius 3 is 2.52 bits per heavy atom. The lowest BCUT2D eigenvalue weighted by molar-refractivity contribution is 0.176. The maximum atomic E-state index is 13.7. The molecule has 0 atom stereocenters. The molecule has 2 rings (SSSR count). The topological polar surface area (TPSA) is 39.9 Å². The van der Waals surface area contributed by atoms with Crippen molar-refractivity contribution in [3.8, 4) is 0 Å². The monoisotopic (exact) mass is 291 g/mol. The van der Waals surface area contributed by atoms with Gasteiger partial charge in [-0.1, -0.05) is 18.2 Å². The van der Waals surface area contributed by atoms with Gasteiger partial charge in [0.25, 0.3) is 0 Å². The highest BCUT2D eigenvalue weighted by Crippen LogP contribution is 2.18. The minimum absolute atomic E-state index is 0.163. The third-order valence-corrected chi connectivity index (χ3v) is 3.20. The van der Waals surface area contributed by atoms with E-state index in [1.54, 1.807) is 13.2 Å². The van der Waals surface area contributed by atoms with Crippen LogP contribution in [0.1, 0.15) is 38.0 Å². The molecule has 114 valence electrons. The van der Waals surface area contributed by atoms with E-state index in [4.69, 9.17) is 4.74 Å². The molecule has 1 aromatic carbocycles. The van der Waals surface area contributed by atoms with Crippen LogP contribution in [-0.2, 0) is 29.7 Å². The number of halogens is 1. The van der Waals surface area contributed by atoms with Gasteiger partial charge in [0.15, 0.2) is 5.82 Å². The lowest BCUT2D eigenvalue weighted by Crippen LogP contribution is -2.26. The van der Waals surface area contributed by atoms with Gasteiger partial charge in [-0.2, -0.15) is 5.10 Å². The summed E-state index contributed by atoms with van der Waals surface area (Å²) in [5.74, 6) is 1.35. The molecule has 2 aromatic rings. The number of aryl methyl sites for hydroxylation is 2. The predicted molar refractivity (Wildman–Crippen MR) is 79.5 cm³/mol. The van der Waals surface area contributed by atoms with Crippen LogP contribution in [-0.4, -0.2) is 21.9 Å². The lowest BCUT2D eigenvalue weighted by atomic mass is 10.1. The van der Waals surface area contributed by atoms with Crippen LogP contribution in [0.2, 0.25) is 0 Å². The van der Waals surface area contributed by atoms with Gasteiger partial charge in [0.1, 0.15) is 18.2 Å². The van der Waals surface area contributed by atoms with E-state index in [0.29, 0.717) is 30.8 Å². The van der Waals surface area contributed by atoms with Gasteiger partial charge in [-0.15, -0.1) is 0 Å². The van der Waals surface area contributed by atoms with Crippen molar-refractivity contribution >= 4 is 0 Å². The first-order chi connectivity index (χ1) is 9.91. The summed E-state index contributed by atoms with van der Waals surface area (Å²) in [6.07, 6.45) is 1.25. The van der Waals surface area contributed by atoms with Crippen LogP contribution < -0.4 is 0 Å². The molecule has 1 heterocycles. The molecule has 4 nitrogen and oxygen atoms in total. The molecule has 5 heteroatoms. The van der Waals surface area contributed by atoms with E-state index < -0.39 is 0 Å². The van der Waals surface area contributed by atoms with Crippen LogP contribution in [0.3, 0.4) is 0 Å². The highest BCUT2D eigenvalue weighted by atomic mass is 19.1. The van der Waals surface area contributed by atoms with Crippen LogP contribution in [0.25, 0.3) is 0 Å². The maximum Gasteiger partial charge on any atom is 0.176 e. The number of nitrogens with zero attached hydrogens (tertiary/aromatic N) is 3. The van der Waals surface area contributed by atoms with E-state index in [9.17, 15) is 4.39 Å². The Hall–Kier alpha value is -1.75. The van der Waals surface area contributed by atoms with E-state index >= 15 is 0 Å². The number of rotatable bonds is 5. The highest BCUT2D eigenvalue weighted by molar-refractivity contribution is 5.18. The average molecular weight is 291 g/mol. The highest BCUT2D eigenvalue weighted by Gasteiger charge is 2.21. The summed E-state index contributed by atoms with van der Waals surface area (Å²) in [6, 6.07) is 6.85. The summed E-state index contributed by atoms with van der Waals surface area (Å²) in [6.45, 7) is 6.61. The molecule has 0 spiro atoms. The molecule has 0 unspecified atom stereocenters. The van der Waals surface area contributed by atoms with Gasteiger partial charge < -0.3 is 4.74 Å². The van der Waals surface area contributed by atoms with Gasteiger partial charge in [-0.3, -0.25) is 0 Å². The summed E-state index contributed by atoms with van der Waals surface area (Å²) >= 11 is 0. The zero-order valence-electron chi connectivity index (χ0n) is 13.1. The van der Waals surface area contributed by atoms with Crippen molar-refractivity contribution in [2.45, 2.75) is 45.8 Å². The van der Waals surface area contributed by atoms with Crippen LogP contribution >= 0.6 is 0 Å². The molecular weight excluding hydrogens is 269 g/mol. The number of hydrogen-bond acceptors (Lipinski definition) is 3. The van der Waals surface area contributed by atoms with Crippen LogP contribution in [0.5, 0.6) is 0 Å². The quantitative estimate of drug-likeness (QED) is 0.850. The van der Waals surface area contributed by atoms with E-state index in [1.807, 2.05) is 16.8 Å². The molecule has 0 N–H and O–H groups in total. The number of benzene rings is 1. The normalized spacial score (nSPS) is 11.9. The van der Waals surface area contributed by atoms with E-state index in [1.165, 1.54) is 6.07 Å². The third kappa shape index (κ3) is 3.88. The molecule has 0 amide bonds. The molecule has 0 saturated carbocycles. The van der Waals surface area contributed by atoms with Gasteiger partial charge in [0.2, 0.25) is 0 Å². The largest absolute Gasteiger partial charge is 0.377 e. The standard InChI is InChI=1S/C16H22FN3O/c1-16(2,3)20-15(18-14(19-20)11-21-4)10-9-12-7-5-6-8-13(12)17/h5-8H,9-11H2,1-4H3. The fourth-order valence-electron chi connectivity index (χ4n) is 2.23. The summed E-state index contributed by atoms with van der Waals surface area (Å²) in [5.41, 5.74) is 0.540. The Morgan fingerprint density at radius 1 is 1.19 bits per heavy atom.